The van der Waals surface area contributed by atoms with Gasteiger partial charge in [0.15, 0.2) is 5.56 Å². The summed E-state index contributed by atoms with van der Waals surface area (Å²) >= 11 is 0. The Balaban J connectivity index is 1.88. The Kier molecular flexibility index (Phi) is 4.32. The summed E-state index contributed by atoms with van der Waals surface area (Å²) in [6.07, 6.45) is 0. The van der Waals surface area contributed by atoms with Crippen LogP contribution in [-0.4, -0.2) is 28.8 Å². The van der Waals surface area contributed by atoms with Crippen LogP contribution in [-0.2, 0) is 17.8 Å². The van der Waals surface area contributed by atoms with Gasteiger partial charge < -0.3 is 19.3 Å². The molecule has 0 saturated heterocycles. The van der Waals surface area contributed by atoms with E-state index in [0.29, 0.717) is 30.5 Å². The zero-order valence-corrected chi connectivity index (χ0v) is 15.0. The summed E-state index contributed by atoms with van der Waals surface area (Å²) < 4.78 is 6.53. The highest BCUT2D eigenvalue weighted by molar-refractivity contribution is 6.03. The van der Waals surface area contributed by atoms with Gasteiger partial charge in [-0.3, -0.25) is 4.79 Å². The predicted octanol–water partition coefficient (Wildman–Crippen LogP) is 2.90. The lowest BCUT2D eigenvalue weighted by molar-refractivity contribution is 0.0520. The van der Waals surface area contributed by atoms with Crippen LogP contribution in [0.15, 0.2) is 53.3 Å². The van der Waals surface area contributed by atoms with E-state index in [1.165, 1.54) is 0 Å². The molecule has 0 unspecified atom stereocenters. The van der Waals surface area contributed by atoms with Gasteiger partial charge in [-0.2, -0.15) is 0 Å². The third-order valence-electron chi connectivity index (χ3n) is 4.87. The topological polar surface area (TPSA) is 71.8 Å². The number of benzene rings is 2. The average molecular weight is 364 g/mol. The largest absolute Gasteiger partial charge is 0.506 e. The number of hydrogen-bond donors (Lipinski definition) is 1. The summed E-state index contributed by atoms with van der Waals surface area (Å²) in [6.45, 7) is 3.58. The summed E-state index contributed by atoms with van der Waals surface area (Å²) in [5.41, 5.74) is 1.88. The van der Waals surface area contributed by atoms with Crippen molar-refractivity contribution in [3.05, 3.63) is 70.0 Å². The summed E-state index contributed by atoms with van der Waals surface area (Å²) in [5.74, 6) is -1.10. The number of anilines is 1. The molecule has 0 radical (unpaired) electrons. The van der Waals surface area contributed by atoms with Gasteiger partial charge in [-0.25, -0.2) is 4.79 Å². The Morgan fingerprint density at radius 2 is 1.89 bits per heavy atom. The van der Waals surface area contributed by atoms with Gasteiger partial charge in [0.2, 0.25) is 0 Å². The number of hydrogen-bond acceptors (Lipinski definition) is 5. The first-order valence-electron chi connectivity index (χ1n) is 8.96. The number of carbonyl (C=O) groups excluding carboxylic acids is 1. The average Bonchev–Trinajstić information content (AvgIpc) is 2.68. The number of nitrogens with zero attached hydrogens (tertiary/aromatic N) is 2. The second-order valence-corrected chi connectivity index (χ2v) is 6.48. The molecule has 1 N–H and O–H groups in total. The van der Waals surface area contributed by atoms with Crippen molar-refractivity contribution in [3.63, 3.8) is 0 Å². The lowest BCUT2D eigenvalue weighted by atomic mass is 10.1. The molecule has 0 bridgehead atoms. The van der Waals surface area contributed by atoms with E-state index in [1.807, 2.05) is 30.3 Å². The molecule has 2 aromatic carbocycles. The number of pyridine rings is 1. The van der Waals surface area contributed by atoms with Crippen molar-refractivity contribution < 1.29 is 14.6 Å². The van der Waals surface area contributed by atoms with Crippen molar-refractivity contribution in [2.75, 3.05) is 18.1 Å². The first kappa shape index (κ1) is 17.1. The fourth-order valence-corrected chi connectivity index (χ4v) is 3.64. The van der Waals surface area contributed by atoms with Gasteiger partial charge in [0.25, 0.3) is 5.56 Å². The second-order valence-electron chi connectivity index (χ2n) is 6.48. The highest BCUT2D eigenvalue weighted by atomic mass is 16.5. The Labute approximate surface area is 156 Å². The van der Waals surface area contributed by atoms with Gasteiger partial charge in [0.05, 0.1) is 17.8 Å². The van der Waals surface area contributed by atoms with Crippen molar-refractivity contribution in [1.82, 2.24) is 4.57 Å². The molecule has 0 amide bonds. The van der Waals surface area contributed by atoms with Crippen molar-refractivity contribution in [2.45, 2.75) is 20.0 Å². The Morgan fingerprint density at radius 1 is 1.11 bits per heavy atom. The molecule has 6 nitrogen and oxygen atoms in total. The fraction of sp³-hybridized carbons (Fsp3) is 0.238. The number of para-hydroxylation sites is 1. The van der Waals surface area contributed by atoms with Crippen molar-refractivity contribution in [2.24, 2.45) is 0 Å². The smallest absolute Gasteiger partial charge is 0.347 e. The molecule has 1 aromatic heterocycles. The monoisotopic (exact) mass is 364 g/mol. The van der Waals surface area contributed by atoms with Crippen molar-refractivity contribution in [1.29, 1.82) is 0 Å². The Morgan fingerprint density at radius 3 is 2.63 bits per heavy atom. The normalized spacial score (nSPS) is 13.0. The maximum atomic E-state index is 12.9. The molecule has 138 valence electrons. The minimum atomic E-state index is -0.789. The number of carbonyl (C=O) groups is 1. The highest BCUT2D eigenvalue weighted by Crippen LogP contribution is 2.36. The molecule has 3 aromatic rings. The minimum absolute atomic E-state index is 0.140. The third-order valence-corrected chi connectivity index (χ3v) is 4.87. The van der Waals surface area contributed by atoms with E-state index in [0.717, 1.165) is 11.3 Å². The number of aromatic nitrogens is 1. The zero-order valence-electron chi connectivity index (χ0n) is 15.0. The number of rotatable bonds is 4. The van der Waals surface area contributed by atoms with Gasteiger partial charge in [-0.1, -0.05) is 36.4 Å². The summed E-state index contributed by atoms with van der Waals surface area (Å²) in [7, 11) is 0. The predicted molar refractivity (Wildman–Crippen MR) is 103 cm³/mol. The summed E-state index contributed by atoms with van der Waals surface area (Å²) in [6, 6.07) is 15.6. The van der Waals surface area contributed by atoms with Crippen LogP contribution in [0.4, 0.5) is 5.69 Å². The highest BCUT2D eigenvalue weighted by Gasteiger charge is 2.28. The lowest BCUT2D eigenvalue weighted by Crippen LogP contribution is -2.38. The first-order valence-corrected chi connectivity index (χ1v) is 8.96. The van der Waals surface area contributed by atoms with Crippen LogP contribution in [0.1, 0.15) is 22.8 Å². The van der Waals surface area contributed by atoms with Crippen LogP contribution in [0.2, 0.25) is 0 Å². The molecule has 1 aliphatic heterocycles. The molecule has 0 fully saturated rings. The molecule has 2 heterocycles. The van der Waals surface area contributed by atoms with Gasteiger partial charge in [0, 0.05) is 25.0 Å². The first-order chi connectivity index (χ1) is 13.1. The standard InChI is InChI=1S/C21H20N2O4/c1-2-27-21(26)17-19(24)15-9-6-10-16-18(15)23(20(17)25)12-11-22(16)13-14-7-4-3-5-8-14/h3-10,24H,2,11-13H2,1H3. The summed E-state index contributed by atoms with van der Waals surface area (Å²) in [4.78, 5) is 27.3. The van der Waals surface area contributed by atoms with E-state index in [9.17, 15) is 14.7 Å². The molecular weight excluding hydrogens is 344 g/mol. The van der Waals surface area contributed by atoms with E-state index in [-0.39, 0.29) is 17.9 Å². The van der Waals surface area contributed by atoms with Crippen LogP contribution < -0.4 is 10.5 Å². The number of ether oxygens (including phenoxy) is 1. The lowest BCUT2D eigenvalue weighted by Gasteiger charge is -2.32. The Bertz CT molecular complexity index is 1070. The van der Waals surface area contributed by atoms with Gasteiger partial charge >= 0.3 is 5.97 Å². The molecule has 1 aliphatic rings. The van der Waals surface area contributed by atoms with Crippen LogP contribution in [0, 0.1) is 0 Å². The molecule has 0 saturated carbocycles. The second kappa shape index (κ2) is 6.79. The number of aromatic hydroxyl groups is 1. The van der Waals surface area contributed by atoms with Gasteiger partial charge in [-0.15, -0.1) is 0 Å². The molecule has 0 aliphatic carbocycles. The van der Waals surface area contributed by atoms with Gasteiger partial charge in [-0.05, 0) is 24.6 Å². The van der Waals surface area contributed by atoms with Crippen LogP contribution >= 0.6 is 0 Å². The third kappa shape index (κ3) is 2.83. The molecule has 6 heteroatoms. The van der Waals surface area contributed by atoms with Gasteiger partial charge in [0.1, 0.15) is 5.75 Å². The van der Waals surface area contributed by atoms with E-state index < -0.39 is 11.5 Å². The fourth-order valence-electron chi connectivity index (χ4n) is 3.64. The van der Waals surface area contributed by atoms with Crippen LogP contribution in [0.25, 0.3) is 10.9 Å². The minimum Gasteiger partial charge on any atom is -0.506 e. The SMILES string of the molecule is CCOC(=O)c1c(O)c2cccc3c2n(c1=O)CCN3Cc1ccccc1. The van der Waals surface area contributed by atoms with Crippen molar-refractivity contribution in [3.8, 4) is 5.75 Å². The van der Waals surface area contributed by atoms with E-state index in [2.05, 4.69) is 17.0 Å². The van der Waals surface area contributed by atoms with E-state index in [1.54, 1.807) is 17.6 Å². The number of esters is 1. The van der Waals surface area contributed by atoms with E-state index >= 15 is 0 Å². The Hall–Kier alpha value is -3.28. The molecular formula is C21H20N2O4. The van der Waals surface area contributed by atoms with Crippen molar-refractivity contribution >= 4 is 22.6 Å². The maximum Gasteiger partial charge on any atom is 0.347 e. The van der Waals surface area contributed by atoms with Crippen LogP contribution in [0.5, 0.6) is 5.75 Å². The molecule has 0 spiro atoms. The molecule has 27 heavy (non-hydrogen) atoms. The molecule has 4 rings (SSSR count). The maximum absolute atomic E-state index is 12.9. The quantitative estimate of drug-likeness (QED) is 0.721. The molecule has 0 atom stereocenters. The van der Waals surface area contributed by atoms with E-state index in [4.69, 9.17) is 4.74 Å². The summed E-state index contributed by atoms with van der Waals surface area (Å²) in [5, 5.41) is 11.1. The van der Waals surface area contributed by atoms with Crippen LogP contribution in [0.3, 0.4) is 0 Å². The zero-order chi connectivity index (χ0) is 19.0.